The van der Waals surface area contributed by atoms with Crippen LogP contribution >= 0.6 is 0 Å². The summed E-state index contributed by atoms with van der Waals surface area (Å²) in [7, 11) is -0.947. The highest BCUT2D eigenvalue weighted by atomic mass is 32.2. The largest absolute Gasteiger partial charge is 0.493 e. The molecular weight excluding hydrogens is 338 g/mol. The van der Waals surface area contributed by atoms with E-state index < -0.39 is 27.2 Å². The summed E-state index contributed by atoms with van der Waals surface area (Å²) in [6, 6.07) is 4.36. The van der Waals surface area contributed by atoms with Gasteiger partial charge in [-0.15, -0.1) is 0 Å². The van der Waals surface area contributed by atoms with Crippen LogP contribution in [-0.4, -0.2) is 52.6 Å². The number of amides is 3. The predicted octanol–water partition coefficient (Wildman–Crippen LogP) is -0.145. The van der Waals surface area contributed by atoms with Crippen molar-refractivity contribution < 1.29 is 27.5 Å². The van der Waals surface area contributed by atoms with Gasteiger partial charge in [-0.3, -0.25) is 10.1 Å². The molecule has 10 heteroatoms. The van der Waals surface area contributed by atoms with E-state index in [0.717, 1.165) is 11.8 Å². The third-order valence-electron chi connectivity index (χ3n) is 3.31. The fourth-order valence-electron chi connectivity index (χ4n) is 2.10. The lowest BCUT2D eigenvalue weighted by atomic mass is 10.1. The molecule has 1 aliphatic heterocycles. The first-order chi connectivity index (χ1) is 11.4. The molecule has 0 saturated carbocycles. The molecule has 0 fully saturated rings. The number of nitrogens with one attached hydrogen (secondary N) is 2. The van der Waals surface area contributed by atoms with Gasteiger partial charge in [0.05, 0.1) is 14.2 Å². The van der Waals surface area contributed by atoms with Gasteiger partial charge < -0.3 is 9.47 Å². The first-order valence-corrected chi connectivity index (χ1v) is 8.50. The molecule has 0 aromatic heterocycles. The van der Waals surface area contributed by atoms with Crippen molar-refractivity contribution in [3.8, 4) is 11.5 Å². The van der Waals surface area contributed by atoms with Crippen molar-refractivity contribution in [2.24, 2.45) is 4.99 Å². The highest BCUT2D eigenvalue weighted by molar-refractivity contribution is 7.91. The van der Waals surface area contributed by atoms with Crippen LogP contribution in [0.3, 0.4) is 0 Å². The Labute approximate surface area is 139 Å². The molecule has 1 aromatic carbocycles. The maximum Gasteiger partial charge on any atom is 0.347 e. The molecule has 9 nitrogen and oxygen atoms in total. The molecule has 1 aromatic rings. The average Bonchev–Trinajstić information content (AvgIpc) is 2.54. The van der Waals surface area contributed by atoms with E-state index in [-0.39, 0.29) is 6.54 Å². The number of hydrogen-bond donors (Lipinski definition) is 2. The number of rotatable bonds is 7. The second kappa shape index (κ2) is 7.41. The monoisotopic (exact) mass is 355 g/mol. The Kier molecular flexibility index (Phi) is 5.52. The van der Waals surface area contributed by atoms with Crippen molar-refractivity contribution in [1.29, 1.82) is 0 Å². The van der Waals surface area contributed by atoms with E-state index >= 15 is 0 Å². The first kappa shape index (κ1) is 17.9. The molecule has 3 amide bonds. The van der Waals surface area contributed by atoms with Crippen LogP contribution in [0.2, 0.25) is 0 Å². The zero-order chi connectivity index (χ0) is 17.7. The molecule has 0 aliphatic carbocycles. The van der Waals surface area contributed by atoms with Crippen LogP contribution in [-0.2, 0) is 21.2 Å². The number of nitrogens with zero attached hydrogens (tertiary/aromatic N) is 1. The van der Waals surface area contributed by atoms with Crippen molar-refractivity contribution in [3.63, 3.8) is 0 Å². The maximum absolute atomic E-state index is 12.1. The van der Waals surface area contributed by atoms with Gasteiger partial charge in [-0.1, -0.05) is 6.07 Å². The van der Waals surface area contributed by atoms with Gasteiger partial charge in [-0.05, 0) is 24.1 Å². The van der Waals surface area contributed by atoms with Crippen molar-refractivity contribution in [2.75, 3.05) is 20.8 Å². The van der Waals surface area contributed by atoms with E-state index in [1.54, 1.807) is 18.2 Å². The lowest BCUT2D eigenvalue weighted by Gasteiger charge is -2.16. The van der Waals surface area contributed by atoms with Crippen LogP contribution in [0.1, 0.15) is 5.56 Å². The number of imide groups is 1. The van der Waals surface area contributed by atoms with E-state index in [2.05, 4.69) is 9.71 Å². The topological polar surface area (TPSA) is 123 Å². The lowest BCUT2D eigenvalue weighted by molar-refractivity contribution is -0.118. The lowest BCUT2D eigenvalue weighted by Crippen LogP contribution is -2.50. The molecule has 0 spiro atoms. The summed E-state index contributed by atoms with van der Waals surface area (Å²) in [5.41, 5.74) is 0.826. The molecule has 0 bridgehead atoms. The van der Waals surface area contributed by atoms with Crippen molar-refractivity contribution in [1.82, 2.24) is 10.0 Å². The molecule has 0 radical (unpaired) electrons. The maximum atomic E-state index is 12.1. The van der Waals surface area contributed by atoms with Crippen LogP contribution in [0, 0.1) is 0 Å². The smallest absolute Gasteiger partial charge is 0.347 e. The number of aliphatic imine (C=N–C) groups is 1. The minimum atomic E-state index is -3.97. The van der Waals surface area contributed by atoms with Crippen LogP contribution in [0.25, 0.3) is 0 Å². The van der Waals surface area contributed by atoms with Crippen molar-refractivity contribution in [2.45, 2.75) is 11.7 Å². The normalized spacial score (nSPS) is 17.5. The van der Waals surface area contributed by atoms with Crippen LogP contribution < -0.4 is 19.5 Å². The van der Waals surface area contributed by atoms with Gasteiger partial charge in [0.1, 0.15) is 0 Å². The number of ether oxygens (including phenoxy) is 2. The Morgan fingerprint density at radius 2 is 1.92 bits per heavy atom. The highest BCUT2D eigenvalue weighted by Crippen LogP contribution is 2.27. The van der Waals surface area contributed by atoms with Gasteiger partial charge in [0.25, 0.3) is 5.91 Å². The number of carbonyl (C=O) groups excluding carboxylic acids is 2. The zero-order valence-electron chi connectivity index (χ0n) is 13.1. The molecule has 1 atom stereocenters. The Morgan fingerprint density at radius 1 is 1.21 bits per heavy atom. The van der Waals surface area contributed by atoms with Crippen molar-refractivity contribution >= 4 is 28.2 Å². The van der Waals surface area contributed by atoms with Gasteiger partial charge in [-0.25, -0.2) is 22.9 Å². The third kappa shape index (κ3) is 4.09. The van der Waals surface area contributed by atoms with Gasteiger partial charge >= 0.3 is 6.03 Å². The molecule has 1 heterocycles. The summed E-state index contributed by atoms with van der Waals surface area (Å²) in [4.78, 5) is 25.7. The standard InChI is InChI=1S/C14H17N3O6S/c1-22-10-4-3-9(7-11(10)23-2)5-6-16-24(20,21)12-8-15-14(19)17-13(12)18/h3-4,7-8,12,16H,5-6H2,1-2H3,(H,17,18,19). The minimum Gasteiger partial charge on any atom is -0.493 e. The van der Waals surface area contributed by atoms with E-state index in [1.807, 2.05) is 5.32 Å². The SMILES string of the molecule is COc1ccc(CCNS(=O)(=O)C2C=NC(=O)NC2=O)cc1OC. The summed E-state index contributed by atoms with van der Waals surface area (Å²) in [5, 5.41) is 0.319. The summed E-state index contributed by atoms with van der Waals surface area (Å²) >= 11 is 0. The molecule has 0 saturated heterocycles. The molecule has 1 aliphatic rings. The van der Waals surface area contributed by atoms with Crippen LogP contribution in [0.4, 0.5) is 4.79 Å². The summed E-state index contributed by atoms with van der Waals surface area (Å²) < 4.78 is 36.8. The second-order valence-corrected chi connectivity index (χ2v) is 6.76. The van der Waals surface area contributed by atoms with E-state index in [9.17, 15) is 18.0 Å². The number of urea groups is 1. The van der Waals surface area contributed by atoms with Gasteiger partial charge in [0.2, 0.25) is 10.0 Å². The van der Waals surface area contributed by atoms with Gasteiger partial charge in [0.15, 0.2) is 16.7 Å². The second-order valence-electron chi connectivity index (χ2n) is 4.87. The van der Waals surface area contributed by atoms with Crippen molar-refractivity contribution in [3.05, 3.63) is 23.8 Å². The Morgan fingerprint density at radius 3 is 2.54 bits per heavy atom. The number of hydrogen-bond acceptors (Lipinski definition) is 6. The zero-order valence-corrected chi connectivity index (χ0v) is 13.9. The number of benzene rings is 1. The van der Waals surface area contributed by atoms with E-state index in [4.69, 9.17) is 9.47 Å². The molecule has 2 rings (SSSR count). The molecule has 24 heavy (non-hydrogen) atoms. The Bertz CT molecular complexity index is 775. The van der Waals surface area contributed by atoms with Crippen LogP contribution in [0.5, 0.6) is 11.5 Å². The summed E-state index contributed by atoms with van der Waals surface area (Å²) in [6.07, 6.45) is 1.20. The summed E-state index contributed by atoms with van der Waals surface area (Å²) in [5.74, 6) is 0.186. The van der Waals surface area contributed by atoms with E-state index in [1.165, 1.54) is 14.2 Å². The molecular formula is C14H17N3O6S. The van der Waals surface area contributed by atoms with Gasteiger partial charge in [-0.2, -0.15) is 0 Å². The number of sulfonamides is 1. The summed E-state index contributed by atoms with van der Waals surface area (Å²) in [6.45, 7) is 0.0728. The average molecular weight is 355 g/mol. The van der Waals surface area contributed by atoms with E-state index in [0.29, 0.717) is 17.9 Å². The molecule has 1 unspecified atom stereocenters. The predicted molar refractivity (Wildman–Crippen MR) is 86.0 cm³/mol. The number of carbonyl (C=O) groups is 2. The quantitative estimate of drug-likeness (QED) is 0.701. The van der Waals surface area contributed by atoms with Gasteiger partial charge in [0, 0.05) is 12.8 Å². The molecule has 130 valence electrons. The molecule has 2 N–H and O–H groups in total. The fraction of sp³-hybridized carbons (Fsp3) is 0.357. The Hall–Kier alpha value is -2.46. The Balaban J connectivity index is 1.99. The highest BCUT2D eigenvalue weighted by Gasteiger charge is 2.34. The van der Waals surface area contributed by atoms with Crippen LogP contribution in [0.15, 0.2) is 23.2 Å². The minimum absolute atomic E-state index is 0.0728. The number of methoxy groups -OCH3 is 2. The third-order valence-corrected chi connectivity index (χ3v) is 4.93. The first-order valence-electron chi connectivity index (χ1n) is 6.96. The fourth-order valence-corrected chi connectivity index (χ4v) is 3.22.